The molecule has 0 saturated carbocycles. The molecule has 8 heteroatoms. The van der Waals surface area contributed by atoms with Gasteiger partial charge in [-0.15, -0.1) is 22.6 Å². The van der Waals surface area contributed by atoms with Gasteiger partial charge in [0, 0.05) is 10.6 Å². The Bertz CT molecular complexity index is 997. The predicted octanol–water partition coefficient (Wildman–Crippen LogP) is 4.82. The Hall–Kier alpha value is -2.15. The monoisotopic (exact) mass is 392 g/mol. The maximum absolute atomic E-state index is 6.05. The van der Waals surface area contributed by atoms with E-state index in [-0.39, 0.29) is 12.4 Å². The lowest BCUT2D eigenvalue weighted by Crippen LogP contribution is -1.97. The minimum Gasteiger partial charge on any atom is -0.486 e. The molecular weight excluding hydrogens is 379 g/mol. The molecule has 0 spiro atoms. The van der Waals surface area contributed by atoms with E-state index in [4.69, 9.17) is 16.3 Å². The summed E-state index contributed by atoms with van der Waals surface area (Å²) >= 11 is 7.51. The largest absolute Gasteiger partial charge is 0.486 e. The molecule has 0 saturated heterocycles. The van der Waals surface area contributed by atoms with Crippen LogP contribution in [0.1, 0.15) is 10.6 Å². The van der Waals surface area contributed by atoms with Crippen molar-refractivity contribution in [3.05, 3.63) is 64.1 Å². The fraction of sp³-hybridized carbons (Fsp3) is 0.118. The summed E-state index contributed by atoms with van der Waals surface area (Å²) < 4.78 is 7.50. The summed E-state index contributed by atoms with van der Waals surface area (Å²) in [6.45, 7) is 2.44. The first-order chi connectivity index (χ1) is 11.7. The van der Waals surface area contributed by atoms with Crippen LogP contribution in [-0.4, -0.2) is 19.8 Å². The minimum absolute atomic E-state index is 0. The molecule has 2 heterocycles. The van der Waals surface area contributed by atoms with Crippen molar-refractivity contribution in [3.63, 3.8) is 0 Å². The Labute approximate surface area is 159 Å². The standard InChI is InChI=1S/C17H13ClN4OS.ClH/c1-11-5-7-14(8-6-11)23-10-15-21-22-16(19-20-17(22)24-15)12-3-2-4-13(18)9-12;/h2-9H,10H2,1H3;1H. The third kappa shape index (κ3) is 3.76. The normalized spacial score (nSPS) is 10.6. The van der Waals surface area contributed by atoms with Crippen LogP contribution in [-0.2, 0) is 6.61 Å². The van der Waals surface area contributed by atoms with Gasteiger partial charge in [-0.1, -0.05) is 52.8 Å². The summed E-state index contributed by atoms with van der Waals surface area (Å²) in [7, 11) is 0. The van der Waals surface area contributed by atoms with Crippen molar-refractivity contribution in [2.45, 2.75) is 13.5 Å². The van der Waals surface area contributed by atoms with Crippen molar-refractivity contribution in [3.8, 4) is 17.1 Å². The zero-order valence-corrected chi connectivity index (χ0v) is 15.6. The zero-order chi connectivity index (χ0) is 16.5. The fourth-order valence-electron chi connectivity index (χ4n) is 2.30. The molecule has 2 aromatic carbocycles. The molecule has 25 heavy (non-hydrogen) atoms. The van der Waals surface area contributed by atoms with Crippen molar-refractivity contribution < 1.29 is 4.74 Å². The summed E-state index contributed by atoms with van der Waals surface area (Å²) in [5, 5.41) is 14.4. The van der Waals surface area contributed by atoms with Gasteiger partial charge in [-0.3, -0.25) is 0 Å². The quantitative estimate of drug-likeness (QED) is 0.499. The van der Waals surface area contributed by atoms with E-state index < -0.39 is 0 Å². The summed E-state index contributed by atoms with van der Waals surface area (Å²) in [6.07, 6.45) is 0. The van der Waals surface area contributed by atoms with E-state index in [0.29, 0.717) is 17.5 Å². The Kier molecular flexibility index (Phi) is 5.22. The molecular formula is C17H14Cl2N4OS. The van der Waals surface area contributed by atoms with Gasteiger partial charge >= 0.3 is 0 Å². The number of hydrogen-bond acceptors (Lipinski definition) is 5. The highest BCUT2D eigenvalue weighted by Crippen LogP contribution is 2.24. The Morgan fingerprint density at radius 1 is 1.12 bits per heavy atom. The Morgan fingerprint density at radius 3 is 2.68 bits per heavy atom. The highest BCUT2D eigenvalue weighted by molar-refractivity contribution is 7.16. The highest BCUT2D eigenvalue weighted by atomic mass is 35.5. The van der Waals surface area contributed by atoms with Gasteiger partial charge in [0.25, 0.3) is 0 Å². The van der Waals surface area contributed by atoms with E-state index in [1.54, 1.807) is 4.52 Å². The number of hydrogen-bond donors (Lipinski definition) is 0. The van der Waals surface area contributed by atoms with Crippen LogP contribution in [0, 0.1) is 6.92 Å². The fourth-order valence-corrected chi connectivity index (χ4v) is 3.24. The third-order valence-electron chi connectivity index (χ3n) is 3.50. The molecule has 0 aliphatic carbocycles. The minimum atomic E-state index is 0. The Morgan fingerprint density at radius 2 is 1.92 bits per heavy atom. The van der Waals surface area contributed by atoms with Crippen molar-refractivity contribution in [2.24, 2.45) is 0 Å². The van der Waals surface area contributed by atoms with Gasteiger partial charge in [0.1, 0.15) is 12.4 Å². The second-order valence-electron chi connectivity index (χ2n) is 5.33. The van der Waals surface area contributed by atoms with E-state index in [1.165, 1.54) is 16.9 Å². The summed E-state index contributed by atoms with van der Waals surface area (Å²) in [6, 6.07) is 15.4. The lowest BCUT2D eigenvalue weighted by Gasteiger charge is -2.03. The second kappa shape index (κ2) is 7.39. The number of nitrogens with zero attached hydrogens (tertiary/aromatic N) is 4. The Balaban J connectivity index is 0.00000182. The molecule has 0 amide bonds. The van der Waals surface area contributed by atoms with Crippen molar-refractivity contribution >= 4 is 40.3 Å². The van der Waals surface area contributed by atoms with E-state index in [2.05, 4.69) is 15.3 Å². The third-order valence-corrected chi connectivity index (χ3v) is 4.61. The van der Waals surface area contributed by atoms with Crippen LogP contribution in [0.15, 0.2) is 48.5 Å². The van der Waals surface area contributed by atoms with Crippen LogP contribution in [0.25, 0.3) is 16.3 Å². The van der Waals surface area contributed by atoms with Crippen molar-refractivity contribution in [2.75, 3.05) is 0 Å². The molecule has 4 aromatic rings. The van der Waals surface area contributed by atoms with Crippen molar-refractivity contribution in [1.82, 2.24) is 19.8 Å². The molecule has 0 N–H and O–H groups in total. The van der Waals surface area contributed by atoms with Gasteiger partial charge in [-0.2, -0.15) is 9.61 Å². The van der Waals surface area contributed by atoms with Crippen LogP contribution in [0.5, 0.6) is 5.75 Å². The summed E-state index contributed by atoms with van der Waals surface area (Å²) in [5.41, 5.74) is 2.08. The number of rotatable bonds is 4. The number of aryl methyl sites for hydroxylation is 1. The molecule has 2 aromatic heterocycles. The zero-order valence-electron chi connectivity index (χ0n) is 13.2. The molecule has 4 rings (SSSR count). The van der Waals surface area contributed by atoms with Gasteiger partial charge in [-0.25, -0.2) is 0 Å². The number of benzene rings is 2. The van der Waals surface area contributed by atoms with E-state index in [1.807, 2.05) is 55.5 Å². The average molecular weight is 393 g/mol. The van der Waals surface area contributed by atoms with Crippen LogP contribution >= 0.6 is 35.3 Å². The number of ether oxygens (including phenoxy) is 1. The van der Waals surface area contributed by atoms with Crippen LogP contribution in [0.3, 0.4) is 0 Å². The molecule has 0 atom stereocenters. The number of fused-ring (bicyclic) bond motifs is 1. The summed E-state index contributed by atoms with van der Waals surface area (Å²) in [4.78, 5) is 0.729. The van der Waals surface area contributed by atoms with Crippen molar-refractivity contribution in [1.29, 1.82) is 0 Å². The molecule has 0 fully saturated rings. The predicted molar refractivity (Wildman–Crippen MR) is 102 cm³/mol. The van der Waals surface area contributed by atoms with Gasteiger partial charge in [-0.05, 0) is 31.2 Å². The van der Waals surface area contributed by atoms with Crippen LogP contribution in [0.4, 0.5) is 0 Å². The molecule has 0 aliphatic heterocycles. The molecule has 0 unspecified atom stereocenters. The van der Waals surface area contributed by atoms with Crippen LogP contribution < -0.4 is 4.74 Å². The van der Waals surface area contributed by atoms with E-state index >= 15 is 0 Å². The molecule has 0 bridgehead atoms. The SMILES string of the molecule is Cc1ccc(OCc2nn3c(-c4cccc(Cl)c4)nnc3s2)cc1.Cl. The van der Waals surface area contributed by atoms with Gasteiger partial charge in [0.15, 0.2) is 10.8 Å². The number of halogens is 2. The summed E-state index contributed by atoms with van der Waals surface area (Å²) in [5.74, 6) is 1.49. The smallest absolute Gasteiger partial charge is 0.235 e. The van der Waals surface area contributed by atoms with Gasteiger partial charge in [0.2, 0.25) is 4.96 Å². The first-order valence-corrected chi connectivity index (χ1v) is 8.55. The molecule has 0 radical (unpaired) electrons. The van der Waals surface area contributed by atoms with Gasteiger partial charge < -0.3 is 4.74 Å². The van der Waals surface area contributed by atoms with E-state index in [9.17, 15) is 0 Å². The highest BCUT2D eigenvalue weighted by Gasteiger charge is 2.14. The first kappa shape index (κ1) is 17.7. The van der Waals surface area contributed by atoms with Gasteiger partial charge in [0.05, 0.1) is 0 Å². The molecule has 5 nitrogen and oxygen atoms in total. The van der Waals surface area contributed by atoms with E-state index in [0.717, 1.165) is 21.3 Å². The maximum atomic E-state index is 6.05. The lowest BCUT2D eigenvalue weighted by molar-refractivity contribution is 0.304. The number of aromatic nitrogens is 4. The topological polar surface area (TPSA) is 52.3 Å². The first-order valence-electron chi connectivity index (χ1n) is 7.35. The van der Waals surface area contributed by atoms with Crippen LogP contribution in [0.2, 0.25) is 5.02 Å². The lowest BCUT2D eigenvalue weighted by atomic mass is 10.2. The maximum Gasteiger partial charge on any atom is 0.235 e. The second-order valence-corrected chi connectivity index (χ2v) is 6.80. The average Bonchev–Trinajstić information content (AvgIpc) is 3.14. The molecule has 128 valence electrons. The molecule has 0 aliphatic rings.